The highest BCUT2D eigenvalue weighted by Gasteiger charge is 2.41. The molecule has 0 spiro atoms. The molecular weight excluding hydrogens is 540 g/mol. The Bertz CT molecular complexity index is 1580. The van der Waals surface area contributed by atoms with Crippen molar-refractivity contribution < 1.29 is 42.2 Å². The molecule has 4 amide bonds. The zero-order chi connectivity index (χ0) is 29.3. The normalized spacial score (nSPS) is 16.2. The van der Waals surface area contributed by atoms with E-state index in [-0.39, 0.29) is 54.7 Å². The van der Waals surface area contributed by atoms with Gasteiger partial charge in [0.25, 0.3) is 5.91 Å². The van der Waals surface area contributed by atoms with Crippen LogP contribution in [0.5, 0.6) is 17.2 Å². The van der Waals surface area contributed by atoms with Crippen LogP contribution in [0.4, 0.5) is 19.3 Å². The van der Waals surface area contributed by atoms with Crippen LogP contribution in [0.25, 0.3) is 0 Å². The number of aryl methyl sites for hydroxylation is 1. The lowest BCUT2D eigenvalue weighted by Crippen LogP contribution is -2.52. The number of halogens is 2. The van der Waals surface area contributed by atoms with E-state index in [1.54, 1.807) is 19.1 Å². The smallest absolute Gasteiger partial charge is 0.412 e. The van der Waals surface area contributed by atoms with Gasteiger partial charge in [0.1, 0.15) is 35.7 Å². The number of amides is 4. The van der Waals surface area contributed by atoms with Gasteiger partial charge in [-0.2, -0.15) is 0 Å². The lowest BCUT2D eigenvalue weighted by Gasteiger charge is -2.29. The maximum Gasteiger partial charge on any atom is 0.412 e. The van der Waals surface area contributed by atoms with Crippen LogP contribution in [-0.4, -0.2) is 41.9 Å². The number of anilines is 1. The van der Waals surface area contributed by atoms with E-state index < -0.39 is 35.6 Å². The Labute approximate surface area is 233 Å². The molecule has 2 aliphatic rings. The largest absolute Gasteiger partial charge is 0.495 e. The summed E-state index contributed by atoms with van der Waals surface area (Å²) in [6.07, 6.45) is -0.601. The van der Waals surface area contributed by atoms with Gasteiger partial charge < -0.3 is 19.1 Å². The summed E-state index contributed by atoms with van der Waals surface area (Å²) in [7, 11) is 1.37. The molecule has 0 aromatic heterocycles. The molecule has 212 valence electrons. The van der Waals surface area contributed by atoms with Crippen LogP contribution in [-0.2, 0) is 27.5 Å². The lowest BCUT2D eigenvalue weighted by atomic mass is 10.0. The summed E-state index contributed by atoms with van der Waals surface area (Å²) in [5, 5.41) is 4.57. The van der Waals surface area contributed by atoms with Crippen LogP contribution in [0, 0.1) is 18.6 Å². The van der Waals surface area contributed by atoms with E-state index in [1.807, 2.05) is 0 Å². The van der Waals surface area contributed by atoms with Crippen LogP contribution in [0.2, 0.25) is 0 Å². The molecule has 3 aromatic carbocycles. The van der Waals surface area contributed by atoms with Gasteiger partial charge in [0.15, 0.2) is 5.82 Å². The second kappa shape index (κ2) is 11.2. The maximum absolute atomic E-state index is 14.7. The molecule has 10 nitrogen and oxygen atoms in total. The van der Waals surface area contributed by atoms with Crippen molar-refractivity contribution in [1.29, 1.82) is 0 Å². The van der Waals surface area contributed by atoms with Crippen molar-refractivity contribution in [3.05, 3.63) is 82.4 Å². The van der Waals surface area contributed by atoms with E-state index in [1.165, 1.54) is 42.3 Å². The molecule has 12 heteroatoms. The third kappa shape index (κ3) is 5.67. The van der Waals surface area contributed by atoms with Crippen LogP contribution in [0.15, 0.2) is 48.5 Å². The second-order valence-electron chi connectivity index (χ2n) is 9.55. The summed E-state index contributed by atoms with van der Waals surface area (Å²) in [5.74, 6) is -1.85. The standard InChI is InChI=1S/C29H25F2N3O7/c1-15-11-18(30)5-9-23(15)41-19-6-7-21(20(31)12-19)32-29(38)40-14-17-4-3-16-13-34(28(37)25(16)26(17)39-2)22-8-10-24(35)33-27(22)36/h3-7,9,11-12,22H,8,10,13-14H2,1-2H3,(H,32,38)(H,33,35,36). The first kappa shape index (κ1) is 27.6. The number of benzene rings is 3. The zero-order valence-corrected chi connectivity index (χ0v) is 22.1. The van der Waals surface area contributed by atoms with Crippen molar-refractivity contribution in [2.45, 2.75) is 39.0 Å². The fourth-order valence-corrected chi connectivity index (χ4v) is 4.81. The monoisotopic (exact) mass is 565 g/mol. The molecule has 2 aliphatic heterocycles. The Balaban J connectivity index is 1.23. The highest BCUT2D eigenvalue weighted by molar-refractivity contribution is 6.06. The van der Waals surface area contributed by atoms with E-state index in [9.17, 15) is 28.0 Å². The van der Waals surface area contributed by atoms with Crippen molar-refractivity contribution in [3.8, 4) is 17.2 Å². The van der Waals surface area contributed by atoms with Crippen LogP contribution in [0.1, 0.15) is 39.9 Å². The Hall–Kier alpha value is -5.00. The molecule has 3 aromatic rings. The predicted molar refractivity (Wildman–Crippen MR) is 140 cm³/mol. The second-order valence-corrected chi connectivity index (χ2v) is 9.55. The predicted octanol–water partition coefficient (Wildman–Crippen LogP) is 4.58. The number of carbonyl (C=O) groups is 4. The van der Waals surface area contributed by atoms with Gasteiger partial charge in [-0.05, 0) is 54.8 Å². The Kier molecular flexibility index (Phi) is 7.56. The number of carbonyl (C=O) groups excluding carboxylic acids is 4. The molecule has 5 rings (SSSR count). The summed E-state index contributed by atoms with van der Waals surface area (Å²) in [4.78, 5) is 50.9. The first-order valence-electron chi connectivity index (χ1n) is 12.7. The number of piperidine rings is 1. The molecule has 2 N–H and O–H groups in total. The van der Waals surface area contributed by atoms with Gasteiger partial charge in [0.05, 0.1) is 18.4 Å². The average Bonchev–Trinajstić information content (AvgIpc) is 3.26. The number of nitrogens with one attached hydrogen (secondary N) is 2. The molecule has 2 heterocycles. The van der Waals surface area contributed by atoms with E-state index in [0.29, 0.717) is 22.4 Å². The number of methoxy groups -OCH3 is 1. The maximum atomic E-state index is 14.7. The quantitative estimate of drug-likeness (QED) is 0.402. The summed E-state index contributed by atoms with van der Waals surface area (Å²) in [6.45, 7) is 1.53. The molecule has 1 saturated heterocycles. The van der Waals surface area contributed by atoms with Gasteiger partial charge in [-0.3, -0.25) is 25.0 Å². The SMILES string of the molecule is COc1c(COC(=O)Nc2ccc(Oc3ccc(F)cc3C)cc2F)ccc2c1C(=O)N(C1CCC(=O)NC1=O)C2. The van der Waals surface area contributed by atoms with E-state index in [4.69, 9.17) is 14.2 Å². The molecule has 41 heavy (non-hydrogen) atoms. The molecule has 0 bridgehead atoms. The van der Waals surface area contributed by atoms with Gasteiger partial charge in [-0.15, -0.1) is 0 Å². The van der Waals surface area contributed by atoms with Gasteiger partial charge in [-0.1, -0.05) is 12.1 Å². The number of ether oxygens (including phenoxy) is 3. The highest BCUT2D eigenvalue weighted by Crippen LogP contribution is 2.36. The first-order chi connectivity index (χ1) is 19.6. The van der Waals surface area contributed by atoms with Gasteiger partial charge in [-0.25, -0.2) is 13.6 Å². The third-order valence-electron chi connectivity index (χ3n) is 6.83. The fourth-order valence-electron chi connectivity index (χ4n) is 4.81. The number of nitrogens with zero attached hydrogens (tertiary/aromatic N) is 1. The van der Waals surface area contributed by atoms with Crippen molar-refractivity contribution in [3.63, 3.8) is 0 Å². The number of fused-ring (bicyclic) bond motifs is 1. The van der Waals surface area contributed by atoms with Crippen molar-refractivity contribution in [1.82, 2.24) is 10.2 Å². The minimum atomic E-state index is -0.953. The van der Waals surface area contributed by atoms with Crippen molar-refractivity contribution in [2.24, 2.45) is 0 Å². The number of rotatable bonds is 7. The molecular formula is C29H25F2N3O7. The van der Waals surface area contributed by atoms with Crippen molar-refractivity contribution in [2.75, 3.05) is 12.4 Å². The molecule has 1 atom stereocenters. The van der Waals surface area contributed by atoms with Crippen LogP contribution >= 0.6 is 0 Å². The topological polar surface area (TPSA) is 123 Å². The van der Waals surface area contributed by atoms with Crippen molar-refractivity contribution >= 4 is 29.5 Å². The van der Waals surface area contributed by atoms with Gasteiger partial charge >= 0.3 is 6.09 Å². The number of hydrogen-bond acceptors (Lipinski definition) is 7. The summed E-state index contributed by atoms with van der Waals surface area (Å²) in [6, 6.07) is 10.3. The first-order valence-corrected chi connectivity index (χ1v) is 12.7. The van der Waals surface area contributed by atoms with E-state index in [2.05, 4.69) is 10.6 Å². The molecule has 1 unspecified atom stereocenters. The van der Waals surface area contributed by atoms with Crippen LogP contribution < -0.4 is 20.1 Å². The molecule has 0 radical (unpaired) electrons. The minimum absolute atomic E-state index is 0.131. The lowest BCUT2D eigenvalue weighted by molar-refractivity contribution is -0.136. The van der Waals surface area contributed by atoms with E-state index in [0.717, 1.165) is 6.07 Å². The minimum Gasteiger partial charge on any atom is -0.495 e. The summed E-state index contributed by atoms with van der Waals surface area (Å²) < 4.78 is 44.3. The summed E-state index contributed by atoms with van der Waals surface area (Å²) in [5.41, 5.74) is 1.64. The number of hydrogen-bond donors (Lipinski definition) is 2. The van der Waals surface area contributed by atoms with Gasteiger partial charge in [0.2, 0.25) is 11.8 Å². The molecule has 0 aliphatic carbocycles. The average molecular weight is 566 g/mol. The molecule has 0 saturated carbocycles. The van der Waals surface area contributed by atoms with Crippen LogP contribution in [0.3, 0.4) is 0 Å². The Morgan fingerprint density at radius 1 is 1.10 bits per heavy atom. The van der Waals surface area contributed by atoms with E-state index >= 15 is 0 Å². The summed E-state index contributed by atoms with van der Waals surface area (Å²) >= 11 is 0. The zero-order valence-electron chi connectivity index (χ0n) is 22.1. The Morgan fingerprint density at radius 3 is 2.61 bits per heavy atom. The highest BCUT2D eigenvalue weighted by atomic mass is 19.1. The number of imide groups is 1. The van der Waals surface area contributed by atoms with Gasteiger partial charge in [0, 0.05) is 24.6 Å². The fraction of sp³-hybridized carbons (Fsp3) is 0.241. The third-order valence-corrected chi connectivity index (χ3v) is 6.83. The molecule has 1 fully saturated rings. The Morgan fingerprint density at radius 2 is 1.90 bits per heavy atom.